The van der Waals surface area contributed by atoms with Gasteiger partial charge in [0.1, 0.15) is 0 Å². The van der Waals surface area contributed by atoms with Gasteiger partial charge in [-0.1, -0.05) is 19.9 Å². The summed E-state index contributed by atoms with van der Waals surface area (Å²) in [6.07, 6.45) is 0.950. The molecule has 1 aromatic carbocycles. The fourth-order valence-electron chi connectivity index (χ4n) is 2.12. The molecule has 5 heteroatoms. The molecule has 1 rings (SSSR count). The second-order valence-electron chi connectivity index (χ2n) is 5.40. The summed E-state index contributed by atoms with van der Waals surface area (Å²) in [5, 5.41) is 14.7. The molecule has 0 saturated heterocycles. The number of hydrogen-bond acceptors (Lipinski definition) is 2. The molecule has 116 valence electrons. The standard InChI is InChI=1S/C16H24N2O3/c1-5-16(6-2,14(19)20)10-17-15(21)18-13-8-7-11(3)12(4)9-13/h7-9H,5-6,10H2,1-4H3,(H,19,20)(H2,17,18,21). The third-order valence-corrected chi connectivity index (χ3v) is 4.16. The summed E-state index contributed by atoms with van der Waals surface area (Å²) >= 11 is 0. The van der Waals surface area contributed by atoms with Crippen LogP contribution in [0.25, 0.3) is 0 Å². The first-order chi connectivity index (χ1) is 9.84. The molecule has 2 amide bonds. The molecule has 0 unspecified atom stereocenters. The minimum absolute atomic E-state index is 0.117. The third kappa shape index (κ3) is 4.21. The molecule has 21 heavy (non-hydrogen) atoms. The molecule has 0 aliphatic carbocycles. The number of benzene rings is 1. The third-order valence-electron chi connectivity index (χ3n) is 4.16. The molecule has 0 atom stereocenters. The van der Waals surface area contributed by atoms with E-state index in [1.165, 1.54) is 0 Å². The second-order valence-corrected chi connectivity index (χ2v) is 5.40. The summed E-state index contributed by atoms with van der Waals surface area (Å²) in [6, 6.07) is 5.26. The van der Waals surface area contributed by atoms with Crippen molar-refractivity contribution in [3.8, 4) is 0 Å². The molecule has 0 bridgehead atoms. The fourth-order valence-corrected chi connectivity index (χ4v) is 2.12. The Morgan fingerprint density at radius 1 is 1.14 bits per heavy atom. The van der Waals surface area contributed by atoms with Crippen LogP contribution in [0.15, 0.2) is 18.2 Å². The number of nitrogens with one attached hydrogen (secondary N) is 2. The summed E-state index contributed by atoms with van der Waals surface area (Å²) in [4.78, 5) is 23.3. The molecule has 1 aromatic rings. The van der Waals surface area contributed by atoms with E-state index >= 15 is 0 Å². The maximum atomic E-state index is 11.9. The Hall–Kier alpha value is -2.04. The first-order valence-corrected chi connectivity index (χ1v) is 7.20. The molecule has 0 aliphatic rings. The highest BCUT2D eigenvalue weighted by Crippen LogP contribution is 2.25. The fraction of sp³-hybridized carbons (Fsp3) is 0.500. The van der Waals surface area contributed by atoms with Crippen LogP contribution in [0, 0.1) is 19.3 Å². The molecule has 5 nitrogen and oxygen atoms in total. The van der Waals surface area contributed by atoms with Crippen molar-refractivity contribution in [1.29, 1.82) is 0 Å². The highest BCUT2D eigenvalue weighted by molar-refractivity contribution is 5.89. The van der Waals surface area contributed by atoms with Gasteiger partial charge in [0, 0.05) is 12.2 Å². The van der Waals surface area contributed by atoms with Crippen molar-refractivity contribution < 1.29 is 14.7 Å². The summed E-state index contributed by atoms with van der Waals surface area (Å²) in [6.45, 7) is 7.73. The highest BCUT2D eigenvalue weighted by Gasteiger charge is 2.35. The summed E-state index contributed by atoms with van der Waals surface area (Å²) < 4.78 is 0. The monoisotopic (exact) mass is 292 g/mol. The van der Waals surface area contributed by atoms with E-state index < -0.39 is 11.4 Å². The van der Waals surface area contributed by atoms with Crippen LogP contribution in [0.1, 0.15) is 37.8 Å². The van der Waals surface area contributed by atoms with E-state index in [0.717, 1.165) is 11.1 Å². The van der Waals surface area contributed by atoms with Crippen LogP contribution in [0.3, 0.4) is 0 Å². The average Bonchev–Trinajstić information content (AvgIpc) is 2.44. The van der Waals surface area contributed by atoms with Crippen molar-refractivity contribution in [1.82, 2.24) is 5.32 Å². The zero-order valence-corrected chi connectivity index (χ0v) is 13.1. The van der Waals surface area contributed by atoms with E-state index in [4.69, 9.17) is 0 Å². The quantitative estimate of drug-likeness (QED) is 0.752. The van der Waals surface area contributed by atoms with Gasteiger partial charge in [-0.3, -0.25) is 4.79 Å². The number of carbonyl (C=O) groups is 2. The number of carboxylic acid groups (broad SMARTS) is 1. The molecule has 0 spiro atoms. The number of anilines is 1. The van der Waals surface area contributed by atoms with Gasteiger partial charge < -0.3 is 15.7 Å². The van der Waals surface area contributed by atoms with Gasteiger partial charge >= 0.3 is 12.0 Å². The minimum atomic E-state index is -0.902. The van der Waals surface area contributed by atoms with Gasteiger partial charge in [0.2, 0.25) is 0 Å². The zero-order valence-electron chi connectivity index (χ0n) is 13.1. The molecule has 0 aliphatic heterocycles. The molecule has 0 fully saturated rings. The molecular weight excluding hydrogens is 268 g/mol. The Morgan fingerprint density at radius 2 is 1.76 bits per heavy atom. The summed E-state index contributed by atoms with van der Waals surface area (Å²) in [5.41, 5.74) is 2.04. The van der Waals surface area contributed by atoms with E-state index in [0.29, 0.717) is 18.5 Å². The smallest absolute Gasteiger partial charge is 0.319 e. The number of rotatable bonds is 6. The highest BCUT2D eigenvalue weighted by atomic mass is 16.4. The number of aryl methyl sites for hydroxylation is 2. The van der Waals surface area contributed by atoms with Gasteiger partial charge in [0.15, 0.2) is 0 Å². The van der Waals surface area contributed by atoms with E-state index in [1.54, 1.807) is 0 Å². The topological polar surface area (TPSA) is 78.4 Å². The van der Waals surface area contributed by atoms with Crippen molar-refractivity contribution in [3.63, 3.8) is 0 Å². The van der Waals surface area contributed by atoms with Crippen LogP contribution in [-0.4, -0.2) is 23.7 Å². The Labute approximate surface area is 125 Å². The lowest BCUT2D eigenvalue weighted by atomic mass is 9.82. The van der Waals surface area contributed by atoms with Gasteiger partial charge in [0.05, 0.1) is 5.41 Å². The maximum Gasteiger partial charge on any atom is 0.319 e. The van der Waals surface area contributed by atoms with Crippen LogP contribution in [0.4, 0.5) is 10.5 Å². The Morgan fingerprint density at radius 3 is 2.24 bits per heavy atom. The van der Waals surface area contributed by atoms with Gasteiger partial charge in [-0.2, -0.15) is 0 Å². The van der Waals surface area contributed by atoms with Crippen LogP contribution in [0.2, 0.25) is 0 Å². The predicted molar refractivity (Wildman–Crippen MR) is 83.6 cm³/mol. The van der Waals surface area contributed by atoms with Crippen molar-refractivity contribution in [3.05, 3.63) is 29.3 Å². The van der Waals surface area contributed by atoms with E-state index in [9.17, 15) is 14.7 Å². The Bertz CT molecular complexity index is 522. The average molecular weight is 292 g/mol. The van der Waals surface area contributed by atoms with Crippen LogP contribution in [0.5, 0.6) is 0 Å². The lowest BCUT2D eigenvalue weighted by molar-refractivity contribution is -0.149. The largest absolute Gasteiger partial charge is 0.481 e. The molecular formula is C16H24N2O3. The maximum absolute atomic E-state index is 11.9. The Balaban J connectivity index is 2.65. The minimum Gasteiger partial charge on any atom is -0.481 e. The number of amides is 2. The SMILES string of the molecule is CCC(CC)(CNC(=O)Nc1ccc(C)c(C)c1)C(=O)O. The zero-order chi connectivity index (χ0) is 16.0. The molecule has 0 heterocycles. The number of aliphatic carboxylic acids is 1. The first kappa shape index (κ1) is 17.0. The van der Waals surface area contributed by atoms with Crippen LogP contribution in [-0.2, 0) is 4.79 Å². The van der Waals surface area contributed by atoms with Gasteiger partial charge in [0.25, 0.3) is 0 Å². The Kier molecular flexibility index (Phi) is 5.76. The number of carboxylic acids is 1. The predicted octanol–water partition coefficient (Wildman–Crippen LogP) is 3.32. The molecule has 0 aromatic heterocycles. The van der Waals surface area contributed by atoms with E-state index in [-0.39, 0.29) is 12.6 Å². The van der Waals surface area contributed by atoms with Crippen molar-refractivity contribution in [2.75, 3.05) is 11.9 Å². The van der Waals surface area contributed by atoms with Crippen LogP contribution >= 0.6 is 0 Å². The lowest BCUT2D eigenvalue weighted by Crippen LogP contribution is -2.43. The molecule has 0 saturated carbocycles. The summed E-state index contributed by atoms with van der Waals surface area (Å²) in [7, 11) is 0. The van der Waals surface area contributed by atoms with E-state index in [1.807, 2.05) is 45.9 Å². The van der Waals surface area contributed by atoms with E-state index in [2.05, 4.69) is 10.6 Å². The van der Waals surface area contributed by atoms with Crippen LogP contribution < -0.4 is 10.6 Å². The van der Waals surface area contributed by atoms with Gasteiger partial charge in [-0.05, 0) is 49.9 Å². The van der Waals surface area contributed by atoms with Crippen molar-refractivity contribution in [2.24, 2.45) is 5.41 Å². The number of carbonyl (C=O) groups excluding carboxylic acids is 1. The number of urea groups is 1. The molecule has 0 radical (unpaired) electrons. The second kappa shape index (κ2) is 7.11. The van der Waals surface area contributed by atoms with Gasteiger partial charge in [-0.15, -0.1) is 0 Å². The van der Waals surface area contributed by atoms with Crippen molar-refractivity contribution in [2.45, 2.75) is 40.5 Å². The first-order valence-electron chi connectivity index (χ1n) is 7.20. The van der Waals surface area contributed by atoms with Crippen molar-refractivity contribution >= 4 is 17.7 Å². The van der Waals surface area contributed by atoms with Gasteiger partial charge in [-0.25, -0.2) is 4.79 Å². The normalized spacial score (nSPS) is 11.0. The number of hydrogen-bond donors (Lipinski definition) is 3. The molecule has 3 N–H and O–H groups in total. The summed E-state index contributed by atoms with van der Waals surface area (Å²) in [5.74, 6) is -0.876. The lowest BCUT2D eigenvalue weighted by Gasteiger charge is -2.26.